The lowest BCUT2D eigenvalue weighted by atomic mass is 10.1. The van der Waals surface area contributed by atoms with Crippen LogP contribution in [0.25, 0.3) is 0 Å². The summed E-state index contributed by atoms with van der Waals surface area (Å²) in [5, 5.41) is 0. The van der Waals surface area contributed by atoms with Crippen molar-refractivity contribution < 1.29 is 13.2 Å². The lowest BCUT2D eigenvalue weighted by Gasteiger charge is -2.27. The third kappa shape index (κ3) is 5.27. The third-order valence-corrected chi connectivity index (χ3v) is 7.85. The molecule has 0 bridgehead atoms. The van der Waals surface area contributed by atoms with E-state index in [0.29, 0.717) is 5.56 Å². The maximum atomic E-state index is 13.0. The van der Waals surface area contributed by atoms with Gasteiger partial charge in [-0.3, -0.25) is 4.79 Å². The SMILES string of the molecule is CSc1ccc(S(=O)(=O)NC2CCCCCC2)cc1C(=O)N1CCCCC1. The summed E-state index contributed by atoms with van der Waals surface area (Å²) < 4.78 is 28.7. The quantitative estimate of drug-likeness (QED) is 0.588. The number of carbonyl (C=O) groups excluding carboxylic acids is 1. The van der Waals surface area contributed by atoms with E-state index in [2.05, 4.69) is 4.72 Å². The Bertz CT molecular complexity index is 750. The molecule has 1 aliphatic heterocycles. The number of amides is 1. The summed E-state index contributed by atoms with van der Waals surface area (Å²) in [6.45, 7) is 1.51. The van der Waals surface area contributed by atoms with E-state index in [1.807, 2.05) is 11.2 Å². The molecule has 0 atom stereocenters. The smallest absolute Gasteiger partial charge is 0.255 e. The first-order valence-electron chi connectivity index (χ1n) is 10.0. The molecule has 0 aromatic heterocycles. The summed E-state index contributed by atoms with van der Waals surface area (Å²) in [7, 11) is -3.62. The number of piperidine rings is 1. The van der Waals surface area contributed by atoms with Crippen LogP contribution in [0.1, 0.15) is 68.1 Å². The lowest BCUT2D eigenvalue weighted by molar-refractivity contribution is 0.0720. The molecule has 1 N–H and O–H groups in total. The van der Waals surface area contributed by atoms with Gasteiger partial charge in [-0.15, -0.1) is 11.8 Å². The Morgan fingerprint density at radius 1 is 1.04 bits per heavy atom. The molecule has 0 radical (unpaired) electrons. The molecule has 1 aliphatic carbocycles. The molecule has 1 saturated heterocycles. The average molecular weight is 411 g/mol. The van der Waals surface area contributed by atoms with E-state index in [-0.39, 0.29) is 16.8 Å². The van der Waals surface area contributed by atoms with E-state index >= 15 is 0 Å². The molecule has 1 aromatic carbocycles. The number of carbonyl (C=O) groups is 1. The molecular weight excluding hydrogens is 380 g/mol. The maximum absolute atomic E-state index is 13.0. The van der Waals surface area contributed by atoms with Gasteiger partial charge in [-0.1, -0.05) is 25.7 Å². The van der Waals surface area contributed by atoms with Gasteiger partial charge in [0.2, 0.25) is 10.0 Å². The molecule has 1 heterocycles. The summed E-state index contributed by atoms with van der Waals surface area (Å²) in [6.07, 6.45) is 11.4. The van der Waals surface area contributed by atoms with Crippen molar-refractivity contribution in [1.29, 1.82) is 0 Å². The second kappa shape index (κ2) is 9.43. The van der Waals surface area contributed by atoms with Crippen molar-refractivity contribution in [3.8, 4) is 0 Å². The largest absolute Gasteiger partial charge is 0.339 e. The van der Waals surface area contributed by atoms with E-state index in [4.69, 9.17) is 0 Å². The van der Waals surface area contributed by atoms with Crippen molar-refractivity contribution in [2.24, 2.45) is 0 Å². The van der Waals surface area contributed by atoms with E-state index in [1.54, 1.807) is 18.2 Å². The lowest BCUT2D eigenvalue weighted by Crippen LogP contribution is -2.36. The summed E-state index contributed by atoms with van der Waals surface area (Å²) in [5.74, 6) is -0.0504. The van der Waals surface area contributed by atoms with Crippen molar-refractivity contribution in [2.45, 2.75) is 73.6 Å². The van der Waals surface area contributed by atoms with Gasteiger partial charge in [0.15, 0.2) is 0 Å². The van der Waals surface area contributed by atoms with E-state index in [9.17, 15) is 13.2 Å². The molecule has 27 heavy (non-hydrogen) atoms. The zero-order valence-corrected chi connectivity index (χ0v) is 17.7. The molecule has 1 saturated carbocycles. The molecule has 1 aromatic rings. The zero-order valence-electron chi connectivity index (χ0n) is 16.1. The fraction of sp³-hybridized carbons (Fsp3) is 0.650. The fourth-order valence-electron chi connectivity index (χ4n) is 3.97. The van der Waals surface area contributed by atoms with Crippen LogP contribution in [0.4, 0.5) is 0 Å². The third-order valence-electron chi connectivity index (χ3n) is 5.53. The summed E-state index contributed by atoms with van der Waals surface area (Å²) >= 11 is 1.48. The maximum Gasteiger partial charge on any atom is 0.255 e. The Hall–Kier alpha value is -1.05. The van der Waals surface area contributed by atoms with Crippen LogP contribution in [0.2, 0.25) is 0 Å². The monoisotopic (exact) mass is 410 g/mol. The number of sulfonamides is 1. The molecular formula is C20H30N2O3S2. The standard InChI is InChI=1S/C20H30N2O3S2/c1-26-19-12-11-17(15-18(19)20(23)22-13-7-4-8-14-22)27(24,25)21-16-9-5-2-3-6-10-16/h11-12,15-16,21H,2-10,13-14H2,1H3. The van der Waals surface area contributed by atoms with Gasteiger partial charge in [-0.2, -0.15) is 0 Å². The highest BCUT2D eigenvalue weighted by Gasteiger charge is 2.25. The summed E-state index contributed by atoms with van der Waals surface area (Å²) in [4.78, 5) is 15.9. The Balaban J connectivity index is 1.83. The molecule has 3 rings (SSSR count). The van der Waals surface area contributed by atoms with Gasteiger partial charge < -0.3 is 4.90 Å². The van der Waals surface area contributed by atoms with Crippen LogP contribution >= 0.6 is 11.8 Å². The van der Waals surface area contributed by atoms with Gasteiger partial charge in [0.05, 0.1) is 10.5 Å². The Morgan fingerprint density at radius 3 is 2.30 bits per heavy atom. The van der Waals surface area contributed by atoms with Crippen LogP contribution in [0.5, 0.6) is 0 Å². The number of likely N-dealkylation sites (tertiary alicyclic amines) is 1. The van der Waals surface area contributed by atoms with Crippen molar-refractivity contribution >= 4 is 27.7 Å². The van der Waals surface area contributed by atoms with Crippen molar-refractivity contribution in [3.63, 3.8) is 0 Å². The molecule has 0 spiro atoms. The van der Waals surface area contributed by atoms with Gasteiger partial charge >= 0.3 is 0 Å². The number of benzene rings is 1. The van der Waals surface area contributed by atoms with E-state index in [1.165, 1.54) is 24.6 Å². The number of hydrogen-bond acceptors (Lipinski definition) is 4. The number of thioether (sulfide) groups is 1. The van der Waals surface area contributed by atoms with Crippen molar-refractivity contribution in [1.82, 2.24) is 9.62 Å². The van der Waals surface area contributed by atoms with Crippen molar-refractivity contribution in [2.75, 3.05) is 19.3 Å². The van der Waals surface area contributed by atoms with Gasteiger partial charge in [0.1, 0.15) is 0 Å². The second-order valence-electron chi connectivity index (χ2n) is 7.52. The highest BCUT2D eigenvalue weighted by molar-refractivity contribution is 7.98. The van der Waals surface area contributed by atoms with Gasteiger partial charge in [-0.25, -0.2) is 13.1 Å². The Kier molecular flexibility index (Phi) is 7.22. The molecule has 0 unspecified atom stereocenters. The summed E-state index contributed by atoms with van der Waals surface area (Å²) in [5.41, 5.74) is 0.508. The minimum Gasteiger partial charge on any atom is -0.339 e. The Morgan fingerprint density at radius 2 is 1.67 bits per heavy atom. The summed E-state index contributed by atoms with van der Waals surface area (Å²) in [6, 6.07) is 4.96. The number of hydrogen-bond donors (Lipinski definition) is 1. The van der Waals surface area contributed by atoms with E-state index in [0.717, 1.165) is 62.9 Å². The van der Waals surface area contributed by atoms with Gasteiger partial charge in [0, 0.05) is 24.0 Å². The zero-order chi connectivity index (χ0) is 19.3. The molecule has 1 amide bonds. The minimum absolute atomic E-state index is 0.000951. The topological polar surface area (TPSA) is 66.5 Å². The normalized spacial score (nSPS) is 19.7. The van der Waals surface area contributed by atoms with Crippen LogP contribution in [-0.2, 0) is 10.0 Å². The van der Waals surface area contributed by atoms with Gasteiger partial charge in [-0.05, 0) is 56.6 Å². The van der Waals surface area contributed by atoms with Crippen LogP contribution < -0.4 is 4.72 Å². The first kappa shape index (κ1) is 20.7. The second-order valence-corrected chi connectivity index (χ2v) is 10.1. The van der Waals surface area contributed by atoms with Crippen LogP contribution in [0.3, 0.4) is 0 Å². The number of rotatable bonds is 5. The minimum atomic E-state index is -3.62. The first-order chi connectivity index (χ1) is 13.0. The van der Waals surface area contributed by atoms with Crippen LogP contribution in [0.15, 0.2) is 28.0 Å². The predicted molar refractivity (Wildman–Crippen MR) is 110 cm³/mol. The van der Waals surface area contributed by atoms with E-state index < -0.39 is 10.0 Å². The first-order valence-corrected chi connectivity index (χ1v) is 12.7. The van der Waals surface area contributed by atoms with Gasteiger partial charge in [0.25, 0.3) is 5.91 Å². The highest BCUT2D eigenvalue weighted by Crippen LogP contribution is 2.27. The van der Waals surface area contributed by atoms with Crippen LogP contribution in [0, 0.1) is 0 Å². The average Bonchev–Trinajstić information content (AvgIpc) is 2.95. The molecule has 5 nitrogen and oxygen atoms in total. The highest BCUT2D eigenvalue weighted by atomic mass is 32.2. The number of nitrogens with zero attached hydrogens (tertiary/aromatic N) is 1. The predicted octanol–water partition coefficient (Wildman–Crippen LogP) is 4.04. The molecule has 2 fully saturated rings. The molecule has 7 heteroatoms. The Labute approximate surface area is 167 Å². The number of nitrogens with one attached hydrogen (secondary N) is 1. The molecule has 2 aliphatic rings. The molecule has 150 valence electrons. The van der Waals surface area contributed by atoms with Crippen molar-refractivity contribution in [3.05, 3.63) is 23.8 Å². The van der Waals surface area contributed by atoms with Crippen LogP contribution in [-0.4, -0.2) is 44.6 Å². The fourth-order valence-corrected chi connectivity index (χ4v) is 5.87.